The fourth-order valence-corrected chi connectivity index (χ4v) is 2.13. The molecule has 0 saturated heterocycles. The lowest BCUT2D eigenvalue weighted by atomic mass is 10.1. The third kappa shape index (κ3) is 4.41. The number of hydrogen-bond acceptors (Lipinski definition) is 3. The van der Waals surface area contributed by atoms with Gasteiger partial charge in [0.1, 0.15) is 5.82 Å². The number of halogens is 3. The molecule has 7 heteroatoms. The summed E-state index contributed by atoms with van der Waals surface area (Å²) in [6.45, 7) is 3.62. The van der Waals surface area contributed by atoms with Crippen molar-refractivity contribution in [1.29, 1.82) is 0 Å². The third-order valence-electron chi connectivity index (χ3n) is 2.93. The maximum atomic E-state index is 12.3. The number of nitrogens with two attached hydrogens (primary N) is 1. The van der Waals surface area contributed by atoms with E-state index in [4.69, 9.17) is 5.73 Å². The molecule has 0 spiro atoms. The highest BCUT2D eigenvalue weighted by Crippen LogP contribution is 2.26. The third-order valence-corrected chi connectivity index (χ3v) is 2.93. The van der Waals surface area contributed by atoms with Gasteiger partial charge in [-0.3, -0.25) is 4.68 Å². The summed E-state index contributed by atoms with van der Waals surface area (Å²) >= 11 is 0. The Morgan fingerprint density at radius 3 is 2.47 bits per heavy atom. The Bertz CT molecular complexity index is 423. The monoisotopic (exact) mass is 278 g/mol. The van der Waals surface area contributed by atoms with Crippen molar-refractivity contribution >= 4 is 5.82 Å². The molecule has 0 saturated carbocycles. The van der Waals surface area contributed by atoms with E-state index in [9.17, 15) is 13.2 Å². The Kier molecular flexibility index (Phi) is 4.84. The molecule has 0 aliphatic rings. The van der Waals surface area contributed by atoms with E-state index in [1.165, 1.54) is 0 Å². The van der Waals surface area contributed by atoms with Crippen LogP contribution in [-0.2, 0) is 13.5 Å². The fourth-order valence-electron chi connectivity index (χ4n) is 2.13. The molecule has 1 unspecified atom stereocenters. The first-order valence-electron chi connectivity index (χ1n) is 6.17. The molecule has 1 aromatic rings. The summed E-state index contributed by atoms with van der Waals surface area (Å²) < 4.78 is 38.5. The van der Waals surface area contributed by atoms with Crippen molar-refractivity contribution in [3.63, 3.8) is 0 Å². The molecule has 0 amide bonds. The van der Waals surface area contributed by atoms with Gasteiger partial charge >= 0.3 is 6.18 Å². The van der Waals surface area contributed by atoms with Crippen molar-refractivity contribution in [3.05, 3.63) is 11.3 Å². The maximum absolute atomic E-state index is 12.3. The van der Waals surface area contributed by atoms with Crippen LogP contribution in [0, 0.1) is 6.92 Å². The molecule has 1 aromatic heterocycles. The van der Waals surface area contributed by atoms with Crippen molar-refractivity contribution in [1.82, 2.24) is 9.78 Å². The van der Waals surface area contributed by atoms with Crippen LogP contribution >= 0.6 is 0 Å². The van der Waals surface area contributed by atoms with Gasteiger partial charge in [0.25, 0.3) is 0 Å². The second-order valence-corrected chi connectivity index (χ2v) is 4.98. The van der Waals surface area contributed by atoms with Gasteiger partial charge in [0.2, 0.25) is 0 Å². The fraction of sp³-hybridized carbons (Fsp3) is 0.750. The molecule has 0 aliphatic carbocycles. The molecule has 0 aromatic carbocycles. The predicted molar refractivity (Wildman–Crippen MR) is 69.2 cm³/mol. The van der Waals surface area contributed by atoms with Gasteiger partial charge in [0, 0.05) is 32.2 Å². The van der Waals surface area contributed by atoms with E-state index in [-0.39, 0.29) is 12.6 Å². The van der Waals surface area contributed by atoms with Crippen LogP contribution in [-0.4, -0.2) is 35.6 Å². The molecule has 1 rings (SSSR count). The Balaban J connectivity index is 2.92. The second kappa shape index (κ2) is 5.81. The van der Waals surface area contributed by atoms with Crippen molar-refractivity contribution in [3.8, 4) is 0 Å². The van der Waals surface area contributed by atoms with E-state index in [2.05, 4.69) is 5.10 Å². The molecular formula is C12H21F3N4. The van der Waals surface area contributed by atoms with Crippen LogP contribution in [0.25, 0.3) is 0 Å². The van der Waals surface area contributed by atoms with E-state index in [1.54, 1.807) is 23.7 Å². The minimum atomic E-state index is -4.15. The van der Waals surface area contributed by atoms with Gasteiger partial charge in [-0.25, -0.2) is 0 Å². The minimum absolute atomic E-state index is 0.0577. The smallest absolute Gasteiger partial charge is 0.359 e. The highest BCUT2D eigenvalue weighted by Gasteiger charge is 2.28. The molecule has 1 atom stereocenters. The normalized spacial score (nSPS) is 13.7. The van der Waals surface area contributed by atoms with Crippen LogP contribution in [0.1, 0.15) is 24.6 Å². The summed E-state index contributed by atoms with van der Waals surface area (Å²) in [4.78, 5) is 1.59. The molecule has 0 bridgehead atoms. The molecule has 4 nitrogen and oxygen atoms in total. The Labute approximate surface area is 111 Å². The number of aryl methyl sites for hydroxylation is 2. The van der Waals surface area contributed by atoms with Gasteiger partial charge in [-0.2, -0.15) is 18.3 Å². The standard InChI is InChI=1S/C12H21F3N4/c1-8(16)7-10-9(2)17-19(4)11(10)18(3)6-5-12(13,14)15/h8H,5-7,16H2,1-4H3. The summed E-state index contributed by atoms with van der Waals surface area (Å²) in [5, 5.41) is 4.27. The average Bonchev–Trinajstić information content (AvgIpc) is 2.49. The molecule has 19 heavy (non-hydrogen) atoms. The quantitative estimate of drug-likeness (QED) is 0.896. The molecule has 0 aliphatic heterocycles. The molecule has 110 valence electrons. The minimum Gasteiger partial charge on any atom is -0.359 e. The zero-order valence-corrected chi connectivity index (χ0v) is 11.8. The van der Waals surface area contributed by atoms with Crippen LogP contribution in [0.5, 0.6) is 0 Å². The average molecular weight is 278 g/mol. The number of alkyl halides is 3. The lowest BCUT2D eigenvalue weighted by molar-refractivity contribution is -0.132. The topological polar surface area (TPSA) is 47.1 Å². The summed E-state index contributed by atoms with van der Waals surface area (Å²) in [5.41, 5.74) is 7.51. The maximum Gasteiger partial charge on any atom is 0.390 e. The van der Waals surface area contributed by atoms with E-state index in [0.717, 1.165) is 11.3 Å². The van der Waals surface area contributed by atoms with Crippen molar-refractivity contribution in [2.75, 3.05) is 18.5 Å². The SMILES string of the molecule is Cc1nn(C)c(N(C)CCC(F)(F)F)c1CC(C)N. The number of aromatic nitrogens is 2. The van der Waals surface area contributed by atoms with Crippen molar-refractivity contribution in [2.24, 2.45) is 12.8 Å². The first-order valence-corrected chi connectivity index (χ1v) is 6.17. The van der Waals surface area contributed by atoms with Crippen LogP contribution in [0.3, 0.4) is 0 Å². The van der Waals surface area contributed by atoms with Gasteiger partial charge in [-0.15, -0.1) is 0 Å². The number of anilines is 1. The Morgan fingerprint density at radius 2 is 2.00 bits per heavy atom. The number of hydrogen-bond donors (Lipinski definition) is 1. The number of rotatable bonds is 5. The van der Waals surface area contributed by atoms with E-state index >= 15 is 0 Å². The van der Waals surface area contributed by atoms with E-state index in [1.807, 2.05) is 13.8 Å². The van der Waals surface area contributed by atoms with Gasteiger partial charge in [0.05, 0.1) is 12.1 Å². The first-order chi connectivity index (χ1) is 8.61. The largest absolute Gasteiger partial charge is 0.390 e. The highest BCUT2D eigenvalue weighted by molar-refractivity contribution is 5.50. The summed E-state index contributed by atoms with van der Waals surface area (Å²) in [6, 6.07) is -0.0577. The van der Waals surface area contributed by atoms with Gasteiger partial charge < -0.3 is 10.6 Å². The van der Waals surface area contributed by atoms with E-state index in [0.29, 0.717) is 12.2 Å². The number of nitrogens with zero attached hydrogens (tertiary/aromatic N) is 3. The zero-order chi connectivity index (χ0) is 14.8. The molecular weight excluding hydrogens is 257 g/mol. The van der Waals surface area contributed by atoms with Crippen LogP contribution < -0.4 is 10.6 Å². The van der Waals surface area contributed by atoms with Gasteiger partial charge in [-0.1, -0.05) is 0 Å². The molecule has 0 fully saturated rings. The van der Waals surface area contributed by atoms with Crippen LogP contribution in [0.15, 0.2) is 0 Å². The summed E-state index contributed by atoms with van der Waals surface area (Å²) in [6.07, 6.45) is -4.39. The predicted octanol–water partition coefficient (Wildman–Crippen LogP) is 2.01. The van der Waals surface area contributed by atoms with Gasteiger partial charge in [-0.05, 0) is 20.3 Å². The van der Waals surface area contributed by atoms with Crippen LogP contribution in [0.4, 0.5) is 19.0 Å². The van der Waals surface area contributed by atoms with Crippen molar-refractivity contribution < 1.29 is 13.2 Å². The lowest BCUT2D eigenvalue weighted by Crippen LogP contribution is -2.27. The second-order valence-electron chi connectivity index (χ2n) is 4.98. The first kappa shape index (κ1) is 15.8. The zero-order valence-electron chi connectivity index (χ0n) is 11.8. The van der Waals surface area contributed by atoms with Gasteiger partial charge in [0.15, 0.2) is 0 Å². The molecule has 0 radical (unpaired) electrons. The van der Waals surface area contributed by atoms with E-state index < -0.39 is 12.6 Å². The summed E-state index contributed by atoms with van der Waals surface area (Å²) in [5.74, 6) is 0.707. The lowest BCUT2D eigenvalue weighted by Gasteiger charge is -2.22. The van der Waals surface area contributed by atoms with Crippen LogP contribution in [0.2, 0.25) is 0 Å². The Hall–Kier alpha value is -1.24. The molecule has 2 N–H and O–H groups in total. The summed E-state index contributed by atoms with van der Waals surface area (Å²) in [7, 11) is 3.38. The molecule has 1 heterocycles. The Morgan fingerprint density at radius 1 is 1.42 bits per heavy atom. The highest BCUT2D eigenvalue weighted by atomic mass is 19.4. The van der Waals surface area contributed by atoms with Crippen molar-refractivity contribution in [2.45, 2.75) is 38.9 Å².